The first-order valence-corrected chi connectivity index (χ1v) is 13.3. The number of nitrogens with one attached hydrogen (secondary N) is 3. The Labute approximate surface area is 216 Å². The number of fused-ring (bicyclic) bond motifs is 1. The quantitative estimate of drug-likeness (QED) is 0.507. The Balaban J connectivity index is 1.54. The standard InChI is InChI=1S/C28H42N8/c1-7-30-24(19(3)4)23-25-21(15-28(5,6)26(23)29)17-32-27(34-25)33-22-10-9-20(16-31-22)18-36-13-11-35(8-2)12-14-36/h9-10,16-17,19,29-30H,7-8,11-15,18H2,1-6H3,(H,31,32,33,34)/b24-23-,29-26?. The summed E-state index contributed by atoms with van der Waals surface area (Å²) in [5.41, 5.74) is 5.50. The van der Waals surface area contributed by atoms with E-state index in [0.717, 1.165) is 80.6 Å². The van der Waals surface area contributed by atoms with Gasteiger partial charge in [0.2, 0.25) is 5.95 Å². The van der Waals surface area contributed by atoms with Crippen molar-refractivity contribution in [2.45, 2.75) is 54.5 Å². The van der Waals surface area contributed by atoms with Gasteiger partial charge in [-0.3, -0.25) is 4.90 Å². The van der Waals surface area contributed by atoms with Crippen LogP contribution in [0.1, 0.15) is 58.4 Å². The third-order valence-corrected chi connectivity index (χ3v) is 7.26. The van der Waals surface area contributed by atoms with E-state index in [4.69, 9.17) is 10.4 Å². The molecule has 1 fully saturated rings. The summed E-state index contributed by atoms with van der Waals surface area (Å²) in [4.78, 5) is 19.1. The summed E-state index contributed by atoms with van der Waals surface area (Å²) in [6.07, 6.45) is 4.60. The van der Waals surface area contributed by atoms with E-state index in [1.54, 1.807) is 0 Å². The molecule has 1 saturated heterocycles. The van der Waals surface area contributed by atoms with Gasteiger partial charge in [-0.25, -0.2) is 15.0 Å². The van der Waals surface area contributed by atoms with Crippen LogP contribution in [0.5, 0.6) is 0 Å². The van der Waals surface area contributed by atoms with Gasteiger partial charge in [0.1, 0.15) is 5.82 Å². The molecule has 1 aliphatic carbocycles. The number of rotatable bonds is 8. The lowest BCUT2D eigenvalue weighted by atomic mass is 9.71. The van der Waals surface area contributed by atoms with Crippen LogP contribution in [0, 0.1) is 16.7 Å². The van der Waals surface area contributed by atoms with Gasteiger partial charge in [0, 0.05) is 74.1 Å². The largest absolute Gasteiger partial charge is 0.388 e. The molecule has 3 heterocycles. The summed E-state index contributed by atoms with van der Waals surface area (Å²) in [6.45, 7) is 20.2. The first-order chi connectivity index (χ1) is 17.2. The van der Waals surface area contributed by atoms with Gasteiger partial charge in [-0.1, -0.05) is 40.7 Å². The van der Waals surface area contributed by atoms with Crippen LogP contribution in [0.25, 0.3) is 5.57 Å². The highest BCUT2D eigenvalue weighted by Crippen LogP contribution is 2.40. The SMILES string of the molecule is CCN/C(=C1\C(=N)C(C)(C)Cc2cnc(Nc3ccc(CN4CCN(CC)CC4)cn3)nc21)C(C)C. The molecule has 0 atom stereocenters. The third-order valence-electron chi connectivity index (χ3n) is 7.26. The van der Waals surface area contributed by atoms with E-state index in [1.165, 1.54) is 5.56 Å². The molecular formula is C28H42N8. The predicted octanol–water partition coefficient (Wildman–Crippen LogP) is 4.33. The smallest absolute Gasteiger partial charge is 0.228 e. The first-order valence-electron chi connectivity index (χ1n) is 13.3. The third kappa shape index (κ3) is 5.76. The van der Waals surface area contributed by atoms with E-state index in [0.29, 0.717) is 11.7 Å². The van der Waals surface area contributed by atoms with Gasteiger partial charge in [0.15, 0.2) is 0 Å². The van der Waals surface area contributed by atoms with Crippen molar-refractivity contribution >= 4 is 23.1 Å². The molecule has 0 saturated carbocycles. The molecule has 0 spiro atoms. The number of piperazine rings is 1. The van der Waals surface area contributed by atoms with Crippen molar-refractivity contribution < 1.29 is 0 Å². The molecule has 2 aromatic heterocycles. The van der Waals surface area contributed by atoms with E-state index >= 15 is 0 Å². The molecule has 0 unspecified atom stereocenters. The lowest BCUT2D eigenvalue weighted by molar-refractivity contribution is 0.132. The van der Waals surface area contributed by atoms with Crippen LogP contribution in [0.2, 0.25) is 0 Å². The molecule has 0 bridgehead atoms. The molecule has 8 nitrogen and oxygen atoms in total. The lowest BCUT2D eigenvalue weighted by Gasteiger charge is -2.35. The topological polar surface area (TPSA) is 93.1 Å². The molecule has 2 aliphatic rings. The molecule has 3 N–H and O–H groups in total. The van der Waals surface area contributed by atoms with Crippen LogP contribution >= 0.6 is 0 Å². The number of likely N-dealkylation sites (N-methyl/N-ethyl adjacent to an activating group) is 1. The molecule has 1 aliphatic heterocycles. The Morgan fingerprint density at radius 3 is 2.39 bits per heavy atom. The molecule has 36 heavy (non-hydrogen) atoms. The zero-order chi connectivity index (χ0) is 25.9. The van der Waals surface area contributed by atoms with Crippen molar-refractivity contribution in [3.05, 3.63) is 47.0 Å². The van der Waals surface area contributed by atoms with Gasteiger partial charge >= 0.3 is 0 Å². The van der Waals surface area contributed by atoms with Crippen molar-refractivity contribution in [3.8, 4) is 0 Å². The molecule has 2 aromatic rings. The summed E-state index contributed by atoms with van der Waals surface area (Å²) in [5.74, 6) is 1.49. The van der Waals surface area contributed by atoms with Crippen molar-refractivity contribution in [1.29, 1.82) is 5.41 Å². The molecule has 0 aromatic carbocycles. The van der Waals surface area contributed by atoms with Gasteiger partial charge in [0.05, 0.1) is 5.69 Å². The van der Waals surface area contributed by atoms with Gasteiger partial charge in [-0.2, -0.15) is 0 Å². The fourth-order valence-corrected chi connectivity index (χ4v) is 5.10. The number of aromatic nitrogens is 3. The Bertz CT molecular complexity index is 1100. The summed E-state index contributed by atoms with van der Waals surface area (Å²) in [7, 11) is 0. The fourth-order valence-electron chi connectivity index (χ4n) is 5.10. The molecule has 8 heteroatoms. The predicted molar refractivity (Wildman–Crippen MR) is 148 cm³/mol. The van der Waals surface area contributed by atoms with Crippen molar-refractivity contribution in [3.63, 3.8) is 0 Å². The number of pyridine rings is 1. The number of anilines is 2. The fraction of sp³-hybridized carbons (Fsp3) is 0.571. The minimum Gasteiger partial charge on any atom is -0.388 e. The van der Waals surface area contributed by atoms with Crippen molar-refractivity contribution in [2.75, 3.05) is 44.6 Å². The summed E-state index contributed by atoms with van der Waals surface area (Å²) >= 11 is 0. The summed E-state index contributed by atoms with van der Waals surface area (Å²) in [5, 5.41) is 15.8. The zero-order valence-corrected chi connectivity index (χ0v) is 22.8. The molecule has 194 valence electrons. The Hall–Kier alpha value is -2.84. The van der Waals surface area contributed by atoms with E-state index in [2.05, 4.69) is 78.0 Å². The van der Waals surface area contributed by atoms with Gasteiger partial charge in [-0.15, -0.1) is 0 Å². The minimum atomic E-state index is -0.267. The molecule has 4 rings (SSSR count). The van der Waals surface area contributed by atoms with E-state index in [9.17, 15) is 0 Å². The monoisotopic (exact) mass is 490 g/mol. The normalized spacial score (nSPS) is 19.8. The average Bonchev–Trinajstić information content (AvgIpc) is 2.86. The molecular weight excluding hydrogens is 448 g/mol. The Morgan fingerprint density at radius 1 is 1.06 bits per heavy atom. The minimum absolute atomic E-state index is 0.257. The van der Waals surface area contributed by atoms with Crippen LogP contribution < -0.4 is 10.6 Å². The maximum atomic E-state index is 9.03. The summed E-state index contributed by atoms with van der Waals surface area (Å²) in [6, 6.07) is 4.13. The maximum Gasteiger partial charge on any atom is 0.228 e. The second-order valence-corrected chi connectivity index (χ2v) is 10.9. The Morgan fingerprint density at radius 2 is 1.78 bits per heavy atom. The highest BCUT2D eigenvalue weighted by Gasteiger charge is 2.37. The summed E-state index contributed by atoms with van der Waals surface area (Å²) < 4.78 is 0. The van der Waals surface area contributed by atoms with E-state index < -0.39 is 0 Å². The van der Waals surface area contributed by atoms with Gasteiger partial charge in [0.25, 0.3) is 0 Å². The second kappa shape index (κ2) is 11.0. The number of allylic oxidation sites excluding steroid dienone is 2. The Kier molecular flexibility index (Phi) is 8.05. The van der Waals surface area contributed by atoms with Crippen LogP contribution in [-0.2, 0) is 13.0 Å². The first kappa shape index (κ1) is 26.2. The van der Waals surface area contributed by atoms with Gasteiger partial charge in [-0.05, 0) is 43.0 Å². The average molecular weight is 491 g/mol. The molecule has 0 radical (unpaired) electrons. The van der Waals surface area contributed by atoms with Crippen LogP contribution in [-0.4, -0.2) is 69.7 Å². The maximum absolute atomic E-state index is 9.03. The van der Waals surface area contributed by atoms with Crippen LogP contribution in [0.15, 0.2) is 30.2 Å². The second-order valence-electron chi connectivity index (χ2n) is 10.9. The van der Waals surface area contributed by atoms with Crippen LogP contribution in [0.4, 0.5) is 11.8 Å². The lowest BCUT2D eigenvalue weighted by Crippen LogP contribution is -2.45. The zero-order valence-electron chi connectivity index (χ0n) is 22.8. The van der Waals surface area contributed by atoms with E-state index in [1.807, 2.05) is 18.5 Å². The van der Waals surface area contributed by atoms with Crippen molar-refractivity contribution in [2.24, 2.45) is 11.3 Å². The van der Waals surface area contributed by atoms with Crippen LogP contribution in [0.3, 0.4) is 0 Å². The molecule has 0 amide bonds. The van der Waals surface area contributed by atoms with Gasteiger partial charge < -0.3 is 20.9 Å². The highest BCUT2D eigenvalue weighted by molar-refractivity contribution is 6.26. The number of nitrogens with zero attached hydrogens (tertiary/aromatic N) is 5. The number of hydrogen-bond acceptors (Lipinski definition) is 8. The highest BCUT2D eigenvalue weighted by atomic mass is 15.3. The number of hydrogen-bond donors (Lipinski definition) is 3. The van der Waals surface area contributed by atoms with E-state index in [-0.39, 0.29) is 11.3 Å². The van der Waals surface area contributed by atoms with Crippen molar-refractivity contribution in [1.82, 2.24) is 30.1 Å².